The molecule has 0 aromatic heterocycles. The molecule has 18 heavy (non-hydrogen) atoms. The Kier molecular flexibility index (Phi) is 3.30. The van der Waals surface area contributed by atoms with Crippen LogP contribution in [0, 0.1) is 5.92 Å². The fourth-order valence-corrected chi connectivity index (χ4v) is 2.42. The average molecular weight is 269 g/mol. The summed E-state index contributed by atoms with van der Waals surface area (Å²) in [5.74, 6) is -0.693. The summed E-state index contributed by atoms with van der Waals surface area (Å²) in [7, 11) is -3.21. The minimum atomic E-state index is -3.21. The minimum absolute atomic E-state index is 0.178. The fraction of sp³-hybridized carbons (Fsp3) is 0.417. The van der Waals surface area contributed by atoms with Crippen LogP contribution in [0.4, 0.5) is 5.69 Å². The zero-order chi connectivity index (χ0) is 13.3. The van der Waals surface area contributed by atoms with E-state index < -0.39 is 21.8 Å². The normalized spacial score (nSPS) is 17.2. The third kappa shape index (κ3) is 3.01. The lowest BCUT2D eigenvalue weighted by molar-refractivity contribution is -0.138. The average Bonchev–Trinajstić information content (AvgIpc) is 3.08. The first-order valence-corrected chi connectivity index (χ1v) is 7.56. The molecule has 1 atom stereocenters. The number of sulfone groups is 1. The standard InChI is InChI=1S/C12H15NO4S/c1-18(16,17)10-6-4-9(5-7-10)13-11(12(14)15)8-2-3-8/h4-8,11,13H,2-3H2,1H3,(H,14,15). The summed E-state index contributed by atoms with van der Waals surface area (Å²) < 4.78 is 22.6. The maximum atomic E-state index is 11.3. The van der Waals surface area contributed by atoms with Gasteiger partial charge in [-0.3, -0.25) is 0 Å². The van der Waals surface area contributed by atoms with Crippen molar-refractivity contribution in [2.24, 2.45) is 5.92 Å². The van der Waals surface area contributed by atoms with Crippen molar-refractivity contribution in [3.8, 4) is 0 Å². The lowest BCUT2D eigenvalue weighted by Crippen LogP contribution is -2.31. The molecule has 0 saturated heterocycles. The Labute approximate surface area is 106 Å². The summed E-state index contributed by atoms with van der Waals surface area (Å²) in [5, 5.41) is 12.0. The van der Waals surface area contributed by atoms with E-state index in [1.54, 1.807) is 12.1 Å². The molecule has 98 valence electrons. The van der Waals surface area contributed by atoms with Crippen molar-refractivity contribution in [1.82, 2.24) is 0 Å². The quantitative estimate of drug-likeness (QED) is 0.843. The Morgan fingerprint density at radius 1 is 1.33 bits per heavy atom. The van der Waals surface area contributed by atoms with Gasteiger partial charge in [0.2, 0.25) is 0 Å². The molecule has 1 aromatic rings. The molecule has 1 fully saturated rings. The van der Waals surface area contributed by atoms with Gasteiger partial charge in [-0.1, -0.05) is 0 Å². The molecule has 0 bridgehead atoms. The number of carbonyl (C=O) groups is 1. The van der Waals surface area contributed by atoms with Crippen molar-refractivity contribution in [2.45, 2.75) is 23.8 Å². The van der Waals surface area contributed by atoms with Crippen LogP contribution in [0.25, 0.3) is 0 Å². The lowest BCUT2D eigenvalue weighted by Gasteiger charge is -2.15. The van der Waals surface area contributed by atoms with Gasteiger partial charge in [0.25, 0.3) is 0 Å². The van der Waals surface area contributed by atoms with Gasteiger partial charge in [-0.15, -0.1) is 0 Å². The van der Waals surface area contributed by atoms with E-state index in [0.29, 0.717) is 5.69 Å². The van der Waals surface area contributed by atoms with E-state index in [0.717, 1.165) is 19.1 Å². The van der Waals surface area contributed by atoms with Gasteiger partial charge in [0.1, 0.15) is 6.04 Å². The number of anilines is 1. The molecule has 1 aliphatic carbocycles. The van der Waals surface area contributed by atoms with Gasteiger partial charge in [-0.05, 0) is 43.0 Å². The molecular formula is C12H15NO4S. The predicted molar refractivity (Wildman–Crippen MR) is 67.3 cm³/mol. The van der Waals surface area contributed by atoms with E-state index in [1.807, 2.05) is 0 Å². The summed E-state index contributed by atoms with van der Waals surface area (Å²) in [5.41, 5.74) is 0.627. The van der Waals surface area contributed by atoms with Crippen LogP contribution in [0.5, 0.6) is 0 Å². The maximum Gasteiger partial charge on any atom is 0.326 e. The van der Waals surface area contributed by atoms with Crippen LogP contribution in [0.2, 0.25) is 0 Å². The summed E-state index contributed by atoms with van der Waals surface area (Å²) in [6.07, 6.45) is 2.98. The number of rotatable bonds is 5. The molecule has 0 spiro atoms. The zero-order valence-corrected chi connectivity index (χ0v) is 10.8. The third-order valence-electron chi connectivity index (χ3n) is 2.96. The van der Waals surface area contributed by atoms with Crippen molar-refractivity contribution in [3.63, 3.8) is 0 Å². The number of benzene rings is 1. The van der Waals surface area contributed by atoms with E-state index in [4.69, 9.17) is 5.11 Å². The first-order valence-electron chi connectivity index (χ1n) is 5.67. The molecule has 0 radical (unpaired) electrons. The third-order valence-corrected chi connectivity index (χ3v) is 4.09. The fourth-order valence-electron chi connectivity index (χ4n) is 1.79. The van der Waals surface area contributed by atoms with Crippen molar-refractivity contribution in [2.75, 3.05) is 11.6 Å². The number of aliphatic carboxylic acids is 1. The van der Waals surface area contributed by atoms with Gasteiger partial charge < -0.3 is 10.4 Å². The largest absolute Gasteiger partial charge is 0.480 e. The van der Waals surface area contributed by atoms with E-state index in [9.17, 15) is 13.2 Å². The van der Waals surface area contributed by atoms with Crippen LogP contribution in [0.3, 0.4) is 0 Å². The Hall–Kier alpha value is -1.56. The molecule has 6 heteroatoms. The summed E-state index contributed by atoms with van der Waals surface area (Å²) >= 11 is 0. The lowest BCUT2D eigenvalue weighted by atomic mass is 10.1. The van der Waals surface area contributed by atoms with Crippen LogP contribution in [-0.2, 0) is 14.6 Å². The molecule has 1 unspecified atom stereocenters. The molecule has 2 N–H and O–H groups in total. The van der Waals surface area contributed by atoms with Gasteiger partial charge >= 0.3 is 5.97 Å². The minimum Gasteiger partial charge on any atom is -0.480 e. The Balaban J connectivity index is 2.12. The number of carboxylic acids is 1. The molecule has 1 aliphatic rings. The summed E-state index contributed by atoms with van der Waals surface area (Å²) in [6, 6.07) is 5.55. The highest BCUT2D eigenvalue weighted by molar-refractivity contribution is 7.90. The second-order valence-electron chi connectivity index (χ2n) is 4.59. The van der Waals surface area contributed by atoms with Crippen LogP contribution >= 0.6 is 0 Å². The van der Waals surface area contributed by atoms with E-state index in [1.165, 1.54) is 12.1 Å². The first-order chi connectivity index (χ1) is 8.38. The highest BCUT2D eigenvalue weighted by atomic mass is 32.2. The number of carboxylic acid groups (broad SMARTS) is 1. The SMILES string of the molecule is CS(=O)(=O)c1ccc(NC(C(=O)O)C2CC2)cc1. The molecule has 2 rings (SSSR count). The molecule has 0 heterocycles. The summed E-state index contributed by atoms with van der Waals surface area (Å²) in [6.45, 7) is 0. The first kappa shape index (κ1) is 12.9. The smallest absolute Gasteiger partial charge is 0.326 e. The second-order valence-corrected chi connectivity index (χ2v) is 6.61. The number of hydrogen-bond donors (Lipinski definition) is 2. The van der Waals surface area contributed by atoms with Crippen molar-refractivity contribution in [3.05, 3.63) is 24.3 Å². The van der Waals surface area contributed by atoms with Gasteiger partial charge in [-0.25, -0.2) is 13.2 Å². The van der Waals surface area contributed by atoms with Crippen LogP contribution < -0.4 is 5.32 Å². The van der Waals surface area contributed by atoms with Crippen molar-refractivity contribution >= 4 is 21.5 Å². The second kappa shape index (κ2) is 4.61. The van der Waals surface area contributed by atoms with Crippen molar-refractivity contribution in [1.29, 1.82) is 0 Å². The van der Waals surface area contributed by atoms with Crippen LogP contribution in [0.15, 0.2) is 29.2 Å². The Morgan fingerprint density at radius 2 is 1.89 bits per heavy atom. The van der Waals surface area contributed by atoms with E-state index in [2.05, 4.69) is 5.32 Å². The van der Waals surface area contributed by atoms with Gasteiger partial charge in [0.15, 0.2) is 9.84 Å². The maximum absolute atomic E-state index is 11.3. The molecule has 0 aliphatic heterocycles. The van der Waals surface area contributed by atoms with Gasteiger partial charge in [0.05, 0.1) is 4.90 Å². The molecule has 1 aromatic carbocycles. The highest BCUT2D eigenvalue weighted by Gasteiger charge is 2.36. The van der Waals surface area contributed by atoms with Crippen LogP contribution in [-0.4, -0.2) is 31.8 Å². The number of nitrogens with one attached hydrogen (secondary N) is 1. The Bertz CT molecular complexity index is 546. The van der Waals surface area contributed by atoms with Gasteiger partial charge in [-0.2, -0.15) is 0 Å². The molecule has 5 nitrogen and oxygen atoms in total. The van der Waals surface area contributed by atoms with E-state index in [-0.39, 0.29) is 10.8 Å². The molecule has 0 amide bonds. The van der Waals surface area contributed by atoms with Crippen LogP contribution in [0.1, 0.15) is 12.8 Å². The monoisotopic (exact) mass is 269 g/mol. The molecular weight excluding hydrogens is 254 g/mol. The Morgan fingerprint density at radius 3 is 2.28 bits per heavy atom. The van der Waals surface area contributed by atoms with E-state index >= 15 is 0 Å². The van der Waals surface area contributed by atoms with Crippen molar-refractivity contribution < 1.29 is 18.3 Å². The highest BCUT2D eigenvalue weighted by Crippen LogP contribution is 2.34. The molecule has 1 saturated carbocycles. The summed E-state index contributed by atoms with van der Waals surface area (Å²) in [4.78, 5) is 11.3. The zero-order valence-electron chi connectivity index (χ0n) is 9.96. The predicted octanol–water partition coefficient (Wildman–Crippen LogP) is 1.37. The topological polar surface area (TPSA) is 83.5 Å². The number of hydrogen-bond acceptors (Lipinski definition) is 4. The van der Waals surface area contributed by atoms with Gasteiger partial charge in [0, 0.05) is 11.9 Å².